The number of unbranched alkanes of at least 4 members (excludes halogenated alkanes) is 1. The third-order valence-electron chi connectivity index (χ3n) is 2.23. The van der Waals surface area contributed by atoms with Crippen LogP contribution in [-0.2, 0) is 4.79 Å². The maximum absolute atomic E-state index is 11.4. The molecule has 1 atom stereocenters. The van der Waals surface area contributed by atoms with Crippen molar-refractivity contribution >= 4 is 5.91 Å². The fraction of sp³-hybridized carbons (Fsp3) is 0.917. The Morgan fingerprint density at radius 3 is 2.50 bits per heavy atom. The molecule has 0 aliphatic rings. The average Bonchev–Trinajstić information content (AvgIpc) is 2.09. The highest BCUT2D eigenvalue weighted by Gasteiger charge is 2.17. The normalized spacial score (nSPS) is 13.6. The fourth-order valence-electron chi connectivity index (χ4n) is 1.63. The molecule has 0 saturated heterocycles. The molecule has 4 N–H and O–H groups in total. The van der Waals surface area contributed by atoms with E-state index in [2.05, 4.69) is 26.1 Å². The highest BCUT2D eigenvalue weighted by molar-refractivity contribution is 5.76. The topological polar surface area (TPSA) is 75.4 Å². The molecule has 0 fully saturated rings. The first kappa shape index (κ1) is 15.4. The smallest absolute Gasteiger partial charge is 0.221 e. The molecule has 4 nitrogen and oxygen atoms in total. The van der Waals surface area contributed by atoms with E-state index in [0.717, 1.165) is 19.3 Å². The Balaban J connectivity index is 3.62. The summed E-state index contributed by atoms with van der Waals surface area (Å²) in [6.45, 7) is 7.16. The zero-order valence-electron chi connectivity index (χ0n) is 10.8. The molecule has 4 heteroatoms. The predicted octanol–water partition coefficient (Wildman–Crippen LogP) is 1.03. The number of amides is 1. The van der Waals surface area contributed by atoms with Gasteiger partial charge in [0.15, 0.2) is 0 Å². The van der Waals surface area contributed by atoms with Crippen LogP contribution in [0.4, 0.5) is 0 Å². The van der Waals surface area contributed by atoms with Crippen LogP contribution in [0.15, 0.2) is 0 Å². The molecule has 0 spiro atoms. The van der Waals surface area contributed by atoms with Crippen molar-refractivity contribution in [3.8, 4) is 0 Å². The van der Waals surface area contributed by atoms with Crippen molar-refractivity contribution < 1.29 is 9.90 Å². The van der Waals surface area contributed by atoms with Gasteiger partial charge >= 0.3 is 0 Å². The maximum atomic E-state index is 11.4. The van der Waals surface area contributed by atoms with Gasteiger partial charge in [-0.15, -0.1) is 0 Å². The van der Waals surface area contributed by atoms with Gasteiger partial charge in [0.2, 0.25) is 5.91 Å². The molecule has 0 radical (unpaired) electrons. The number of nitrogens with one attached hydrogen (secondary N) is 1. The summed E-state index contributed by atoms with van der Waals surface area (Å²) < 4.78 is 0. The molecule has 0 saturated carbocycles. The Morgan fingerprint density at radius 1 is 1.38 bits per heavy atom. The van der Waals surface area contributed by atoms with E-state index in [9.17, 15) is 4.79 Å². The maximum Gasteiger partial charge on any atom is 0.221 e. The lowest BCUT2D eigenvalue weighted by atomic mass is 9.87. The standard InChI is InChI=1S/C12H26N2O2/c1-12(2,3)9-10(13)8-11(16)14-6-4-5-7-15/h10,15H,4-9,13H2,1-3H3,(H,14,16). The van der Waals surface area contributed by atoms with Crippen molar-refractivity contribution in [1.82, 2.24) is 5.32 Å². The molecule has 1 unspecified atom stereocenters. The molecular formula is C12H26N2O2. The summed E-state index contributed by atoms with van der Waals surface area (Å²) in [5.41, 5.74) is 6.05. The molecule has 96 valence electrons. The van der Waals surface area contributed by atoms with Crippen molar-refractivity contribution in [2.45, 2.75) is 52.5 Å². The lowest BCUT2D eigenvalue weighted by molar-refractivity contribution is -0.121. The highest BCUT2D eigenvalue weighted by Crippen LogP contribution is 2.20. The first-order valence-corrected chi connectivity index (χ1v) is 5.98. The monoisotopic (exact) mass is 230 g/mol. The lowest BCUT2D eigenvalue weighted by Gasteiger charge is -2.22. The van der Waals surface area contributed by atoms with Crippen LogP contribution in [0.1, 0.15) is 46.5 Å². The van der Waals surface area contributed by atoms with E-state index in [1.165, 1.54) is 0 Å². The summed E-state index contributed by atoms with van der Waals surface area (Å²) in [7, 11) is 0. The van der Waals surface area contributed by atoms with Crippen molar-refractivity contribution in [3.05, 3.63) is 0 Å². The van der Waals surface area contributed by atoms with Gasteiger partial charge in [-0.1, -0.05) is 20.8 Å². The largest absolute Gasteiger partial charge is 0.396 e. The van der Waals surface area contributed by atoms with Crippen LogP contribution in [0.3, 0.4) is 0 Å². The molecular weight excluding hydrogens is 204 g/mol. The molecule has 0 bridgehead atoms. The van der Waals surface area contributed by atoms with Crippen LogP contribution < -0.4 is 11.1 Å². The van der Waals surface area contributed by atoms with Crippen molar-refractivity contribution in [1.29, 1.82) is 0 Å². The van der Waals surface area contributed by atoms with Crippen molar-refractivity contribution in [2.75, 3.05) is 13.2 Å². The van der Waals surface area contributed by atoms with Gasteiger partial charge in [-0.25, -0.2) is 0 Å². The number of hydrogen-bond acceptors (Lipinski definition) is 3. The molecule has 0 rings (SSSR count). The zero-order chi connectivity index (χ0) is 12.6. The van der Waals surface area contributed by atoms with Crippen molar-refractivity contribution in [2.24, 2.45) is 11.1 Å². The van der Waals surface area contributed by atoms with Crippen LogP contribution in [0.25, 0.3) is 0 Å². The second-order valence-corrected chi connectivity index (χ2v) is 5.51. The molecule has 1 amide bonds. The second kappa shape index (κ2) is 7.63. The Morgan fingerprint density at radius 2 is 2.00 bits per heavy atom. The van der Waals surface area contributed by atoms with E-state index in [-0.39, 0.29) is 24.0 Å². The minimum absolute atomic E-state index is 0.00897. The number of aliphatic hydroxyl groups is 1. The summed E-state index contributed by atoms with van der Waals surface area (Å²) in [6, 6.07) is -0.0714. The van der Waals surface area contributed by atoms with Gasteiger partial charge in [0.25, 0.3) is 0 Å². The fourth-order valence-corrected chi connectivity index (χ4v) is 1.63. The molecule has 0 heterocycles. The Labute approximate surface area is 98.6 Å². The lowest BCUT2D eigenvalue weighted by Crippen LogP contribution is -2.34. The van der Waals surface area contributed by atoms with Crippen LogP contribution in [0.5, 0.6) is 0 Å². The van der Waals surface area contributed by atoms with E-state index in [1.54, 1.807) is 0 Å². The molecule has 0 aliphatic carbocycles. The van der Waals surface area contributed by atoms with E-state index < -0.39 is 0 Å². The van der Waals surface area contributed by atoms with Gasteiger partial charge in [-0.3, -0.25) is 4.79 Å². The highest BCUT2D eigenvalue weighted by atomic mass is 16.2. The Kier molecular flexibility index (Phi) is 7.34. The van der Waals surface area contributed by atoms with Crippen LogP contribution in [-0.4, -0.2) is 30.2 Å². The number of hydrogen-bond donors (Lipinski definition) is 3. The molecule has 0 aromatic heterocycles. The van der Waals surface area contributed by atoms with Crippen LogP contribution >= 0.6 is 0 Å². The summed E-state index contributed by atoms with van der Waals surface area (Å²) in [6.07, 6.45) is 2.78. The van der Waals surface area contributed by atoms with Gasteiger partial charge in [-0.05, 0) is 24.7 Å². The summed E-state index contributed by atoms with van der Waals surface area (Å²) in [5.74, 6) is 0.00897. The van der Waals surface area contributed by atoms with Gasteiger partial charge in [0.05, 0.1) is 0 Å². The third-order valence-corrected chi connectivity index (χ3v) is 2.23. The van der Waals surface area contributed by atoms with E-state index in [0.29, 0.717) is 13.0 Å². The van der Waals surface area contributed by atoms with Gasteiger partial charge in [-0.2, -0.15) is 0 Å². The number of nitrogens with two attached hydrogens (primary N) is 1. The van der Waals surface area contributed by atoms with Crippen LogP contribution in [0, 0.1) is 5.41 Å². The molecule has 16 heavy (non-hydrogen) atoms. The van der Waals surface area contributed by atoms with E-state index in [1.807, 2.05) is 0 Å². The SMILES string of the molecule is CC(C)(C)CC(N)CC(=O)NCCCCO. The summed E-state index contributed by atoms with van der Waals surface area (Å²) >= 11 is 0. The molecule has 0 aliphatic heterocycles. The number of carbonyl (C=O) groups is 1. The quantitative estimate of drug-likeness (QED) is 0.572. The zero-order valence-corrected chi connectivity index (χ0v) is 10.8. The first-order valence-electron chi connectivity index (χ1n) is 5.98. The minimum atomic E-state index is -0.0714. The van der Waals surface area contributed by atoms with Crippen molar-refractivity contribution in [3.63, 3.8) is 0 Å². The summed E-state index contributed by atoms with van der Waals surface area (Å²) in [5, 5.41) is 11.4. The Hall–Kier alpha value is -0.610. The second-order valence-electron chi connectivity index (χ2n) is 5.51. The molecule has 0 aromatic carbocycles. The van der Waals surface area contributed by atoms with Gasteiger partial charge in [0, 0.05) is 25.6 Å². The van der Waals surface area contributed by atoms with E-state index >= 15 is 0 Å². The number of aliphatic hydroxyl groups excluding tert-OH is 1. The Bertz CT molecular complexity index is 200. The third kappa shape index (κ3) is 9.93. The number of carbonyl (C=O) groups excluding carboxylic acids is 1. The van der Waals surface area contributed by atoms with Gasteiger partial charge < -0.3 is 16.2 Å². The summed E-state index contributed by atoms with van der Waals surface area (Å²) in [4.78, 5) is 11.4. The van der Waals surface area contributed by atoms with Gasteiger partial charge in [0.1, 0.15) is 0 Å². The predicted molar refractivity (Wildman–Crippen MR) is 66.0 cm³/mol. The molecule has 0 aromatic rings. The minimum Gasteiger partial charge on any atom is -0.396 e. The van der Waals surface area contributed by atoms with E-state index in [4.69, 9.17) is 10.8 Å². The number of rotatable bonds is 7. The first-order chi connectivity index (χ1) is 7.35. The average molecular weight is 230 g/mol. The van der Waals surface area contributed by atoms with Crippen LogP contribution in [0.2, 0.25) is 0 Å².